The van der Waals surface area contributed by atoms with Crippen LogP contribution in [0.2, 0.25) is 0 Å². The zero-order chi connectivity index (χ0) is 15.1. The molecule has 112 valence electrons. The van der Waals surface area contributed by atoms with Gasteiger partial charge in [-0.2, -0.15) is 0 Å². The molecule has 3 heterocycles. The van der Waals surface area contributed by atoms with Gasteiger partial charge in [-0.3, -0.25) is 4.90 Å². The number of quaternary nitrogens is 1. The van der Waals surface area contributed by atoms with Gasteiger partial charge in [0.1, 0.15) is 18.8 Å². The van der Waals surface area contributed by atoms with Crippen LogP contribution in [-0.4, -0.2) is 6.73 Å². The van der Waals surface area contributed by atoms with Gasteiger partial charge in [-0.05, 0) is 36.8 Å². The van der Waals surface area contributed by atoms with Crippen molar-refractivity contribution in [3.63, 3.8) is 0 Å². The van der Waals surface area contributed by atoms with E-state index in [0.29, 0.717) is 12.3 Å². The Balaban J connectivity index is 1.76. The Morgan fingerprint density at radius 3 is 3.00 bits per heavy atom. The first-order valence-corrected chi connectivity index (χ1v) is 7.26. The molecule has 5 nitrogen and oxygen atoms in total. The van der Waals surface area contributed by atoms with Crippen LogP contribution in [0.25, 0.3) is 11.0 Å². The van der Waals surface area contributed by atoms with Crippen LogP contribution in [-0.2, 0) is 13.1 Å². The molecule has 1 atom stereocenters. The summed E-state index contributed by atoms with van der Waals surface area (Å²) in [7, 11) is 0. The second-order valence-corrected chi connectivity index (χ2v) is 5.64. The van der Waals surface area contributed by atoms with Gasteiger partial charge in [0.05, 0.1) is 11.8 Å². The second-order valence-electron chi connectivity index (χ2n) is 5.64. The molecular weight excluding hydrogens is 282 g/mol. The van der Waals surface area contributed by atoms with E-state index in [1.165, 1.54) is 11.0 Å². The van der Waals surface area contributed by atoms with Crippen LogP contribution in [0.15, 0.2) is 50.2 Å². The average Bonchev–Trinajstić information content (AvgIpc) is 3.00. The molecule has 1 aromatic carbocycles. The van der Waals surface area contributed by atoms with E-state index >= 15 is 0 Å². The lowest BCUT2D eigenvalue weighted by molar-refractivity contribution is -0.946. The van der Waals surface area contributed by atoms with Gasteiger partial charge in [-0.25, -0.2) is 4.79 Å². The summed E-state index contributed by atoms with van der Waals surface area (Å²) in [5.41, 5.74) is 2.19. The summed E-state index contributed by atoms with van der Waals surface area (Å²) in [6.07, 6.45) is 1.67. The highest BCUT2D eigenvalue weighted by atomic mass is 16.5. The summed E-state index contributed by atoms with van der Waals surface area (Å²) in [4.78, 5) is 12.9. The highest BCUT2D eigenvalue weighted by Gasteiger charge is 2.25. The first kappa shape index (κ1) is 13.2. The third kappa shape index (κ3) is 2.19. The summed E-state index contributed by atoms with van der Waals surface area (Å²) < 4.78 is 16.7. The minimum absolute atomic E-state index is 0.323. The largest absolute Gasteiger partial charge is 0.463 e. The van der Waals surface area contributed by atoms with Crippen molar-refractivity contribution in [3.8, 4) is 5.75 Å². The first-order chi connectivity index (χ1) is 10.7. The Bertz CT molecular complexity index is 880. The lowest BCUT2D eigenvalue weighted by Crippen LogP contribution is -3.10. The summed E-state index contributed by atoms with van der Waals surface area (Å²) in [6.45, 7) is 3.96. The Morgan fingerprint density at radius 2 is 2.18 bits per heavy atom. The van der Waals surface area contributed by atoms with Crippen molar-refractivity contribution < 1.29 is 18.5 Å². The fourth-order valence-corrected chi connectivity index (χ4v) is 2.98. The normalized spacial score (nSPS) is 17.2. The van der Waals surface area contributed by atoms with Gasteiger partial charge in [0.25, 0.3) is 0 Å². The predicted molar refractivity (Wildman–Crippen MR) is 79.8 cm³/mol. The van der Waals surface area contributed by atoms with Gasteiger partial charge < -0.3 is 13.6 Å². The molecule has 1 aliphatic rings. The molecule has 0 saturated heterocycles. The fraction of sp³-hybridized carbons (Fsp3) is 0.235. The van der Waals surface area contributed by atoms with Crippen molar-refractivity contribution in [1.82, 2.24) is 0 Å². The predicted octanol–water partition coefficient (Wildman–Crippen LogP) is 1.63. The molecule has 1 N–H and O–H groups in total. The SMILES string of the molecule is Cc1cc(=O)oc2c3c(ccc12)OC[NH+](Cc1ccco1)C3. The minimum atomic E-state index is -0.323. The molecule has 1 aliphatic heterocycles. The van der Waals surface area contributed by atoms with E-state index in [4.69, 9.17) is 13.6 Å². The number of furan rings is 1. The van der Waals surface area contributed by atoms with Crippen LogP contribution in [0.5, 0.6) is 5.75 Å². The molecule has 5 heteroatoms. The van der Waals surface area contributed by atoms with E-state index in [9.17, 15) is 4.79 Å². The second kappa shape index (κ2) is 5.03. The lowest BCUT2D eigenvalue weighted by atomic mass is 10.0. The zero-order valence-corrected chi connectivity index (χ0v) is 12.2. The van der Waals surface area contributed by atoms with Crippen molar-refractivity contribution in [2.45, 2.75) is 20.0 Å². The smallest absolute Gasteiger partial charge is 0.336 e. The molecule has 4 rings (SSSR count). The maximum absolute atomic E-state index is 11.7. The Morgan fingerprint density at radius 1 is 1.27 bits per heavy atom. The van der Waals surface area contributed by atoms with Gasteiger partial charge in [-0.1, -0.05) is 0 Å². The third-order valence-electron chi connectivity index (χ3n) is 4.04. The van der Waals surface area contributed by atoms with E-state index in [1.54, 1.807) is 6.26 Å². The third-order valence-corrected chi connectivity index (χ3v) is 4.04. The Hall–Kier alpha value is -2.53. The highest BCUT2D eigenvalue weighted by molar-refractivity contribution is 5.84. The molecule has 1 unspecified atom stereocenters. The van der Waals surface area contributed by atoms with Crippen molar-refractivity contribution in [3.05, 3.63) is 63.9 Å². The van der Waals surface area contributed by atoms with Gasteiger partial charge in [0.15, 0.2) is 11.3 Å². The van der Waals surface area contributed by atoms with Crippen LogP contribution in [0.4, 0.5) is 0 Å². The number of fused-ring (bicyclic) bond motifs is 3. The van der Waals surface area contributed by atoms with Crippen LogP contribution < -0.4 is 15.3 Å². The maximum Gasteiger partial charge on any atom is 0.336 e. The van der Waals surface area contributed by atoms with Gasteiger partial charge in [-0.15, -0.1) is 0 Å². The summed E-state index contributed by atoms with van der Waals surface area (Å²) >= 11 is 0. The Labute approximate surface area is 126 Å². The zero-order valence-electron chi connectivity index (χ0n) is 12.2. The molecule has 0 saturated carbocycles. The van der Waals surface area contributed by atoms with Crippen molar-refractivity contribution in [2.75, 3.05) is 6.73 Å². The molecule has 22 heavy (non-hydrogen) atoms. The molecular formula is C17H16NO4+. The summed E-state index contributed by atoms with van der Waals surface area (Å²) in [6, 6.07) is 9.26. The average molecular weight is 298 g/mol. The number of nitrogens with one attached hydrogen (secondary N) is 1. The van der Waals surface area contributed by atoms with Gasteiger partial charge in [0.2, 0.25) is 6.73 Å². The molecule has 0 aliphatic carbocycles. The maximum atomic E-state index is 11.7. The quantitative estimate of drug-likeness (QED) is 0.731. The molecule has 0 amide bonds. The summed E-state index contributed by atoms with van der Waals surface area (Å²) in [5.74, 6) is 1.71. The number of benzene rings is 1. The van der Waals surface area contributed by atoms with E-state index in [2.05, 4.69) is 0 Å². The molecule has 0 spiro atoms. The van der Waals surface area contributed by atoms with Gasteiger partial charge >= 0.3 is 5.63 Å². The van der Waals surface area contributed by atoms with Crippen molar-refractivity contribution >= 4 is 11.0 Å². The number of aryl methyl sites for hydroxylation is 1. The van der Waals surface area contributed by atoms with Crippen molar-refractivity contribution in [2.24, 2.45) is 0 Å². The van der Waals surface area contributed by atoms with E-state index in [1.807, 2.05) is 31.2 Å². The standard InChI is InChI=1S/C17H15NO4/c1-11-7-16(19)22-17-13(11)4-5-15-14(17)9-18(10-21-15)8-12-3-2-6-20-12/h2-7H,8-10H2,1H3/p+1. The molecule has 0 radical (unpaired) electrons. The molecule has 0 fully saturated rings. The first-order valence-electron chi connectivity index (χ1n) is 7.26. The van der Waals surface area contributed by atoms with Crippen LogP contribution >= 0.6 is 0 Å². The minimum Gasteiger partial charge on any atom is -0.463 e. The monoisotopic (exact) mass is 298 g/mol. The number of hydrogen-bond donors (Lipinski definition) is 1. The van der Waals surface area contributed by atoms with Gasteiger partial charge in [0, 0.05) is 11.5 Å². The summed E-state index contributed by atoms with van der Waals surface area (Å²) in [5, 5.41) is 0.959. The van der Waals surface area contributed by atoms with Crippen LogP contribution in [0, 0.1) is 6.92 Å². The number of rotatable bonds is 2. The highest BCUT2D eigenvalue weighted by Crippen LogP contribution is 2.29. The molecule has 0 bridgehead atoms. The topological polar surface area (TPSA) is 57.0 Å². The molecule has 3 aromatic rings. The Kier molecular flexibility index (Phi) is 3.01. The number of hydrogen-bond acceptors (Lipinski definition) is 4. The number of ether oxygens (including phenoxy) is 1. The van der Waals surface area contributed by atoms with E-state index in [0.717, 1.165) is 41.1 Å². The molecule has 2 aromatic heterocycles. The van der Waals surface area contributed by atoms with E-state index < -0.39 is 0 Å². The lowest BCUT2D eigenvalue weighted by Gasteiger charge is -2.25. The van der Waals surface area contributed by atoms with Crippen molar-refractivity contribution in [1.29, 1.82) is 0 Å². The van der Waals surface area contributed by atoms with Crippen LogP contribution in [0.1, 0.15) is 16.9 Å². The van der Waals surface area contributed by atoms with E-state index in [-0.39, 0.29) is 5.63 Å². The van der Waals surface area contributed by atoms with Crippen LogP contribution in [0.3, 0.4) is 0 Å². The fourth-order valence-electron chi connectivity index (χ4n) is 2.98.